The average molecular weight is 1070 g/mol. The number of fused-ring (bicyclic) bond motifs is 7. The zero-order valence-electron chi connectivity index (χ0n) is 43.2. The summed E-state index contributed by atoms with van der Waals surface area (Å²) in [4.78, 5) is 0. The van der Waals surface area contributed by atoms with Crippen LogP contribution in [-0.4, -0.2) is 238 Å². The van der Waals surface area contributed by atoms with Gasteiger partial charge < -0.3 is 114 Å². The Morgan fingerprint density at radius 1 is 0.581 bits per heavy atom. The highest BCUT2D eigenvalue weighted by Crippen LogP contribution is 2.71. The first-order valence-electron chi connectivity index (χ1n) is 27.2. The third kappa shape index (κ3) is 10.2. The molecule has 0 unspecified atom stereocenters. The van der Waals surface area contributed by atoms with Gasteiger partial charge in [0.2, 0.25) is 0 Å². The van der Waals surface area contributed by atoms with Gasteiger partial charge in [-0.15, -0.1) is 0 Å². The van der Waals surface area contributed by atoms with Gasteiger partial charge in [-0.25, -0.2) is 0 Å². The molecule has 0 amide bonds. The minimum absolute atomic E-state index is 0.0932. The van der Waals surface area contributed by atoms with Crippen LogP contribution in [0.4, 0.5) is 0 Å². The molecule has 428 valence electrons. The van der Waals surface area contributed by atoms with Gasteiger partial charge in [-0.05, 0) is 112 Å². The smallest absolute Gasteiger partial charge is 0.187 e. The fourth-order valence-electron chi connectivity index (χ4n) is 15.6. The summed E-state index contributed by atoms with van der Waals surface area (Å²) in [5.41, 5.74) is -0.377. The van der Waals surface area contributed by atoms with Gasteiger partial charge in [-0.3, -0.25) is 0 Å². The lowest BCUT2D eigenvalue weighted by Crippen LogP contribution is -2.67. The lowest BCUT2D eigenvalue weighted by molar-refractivity contribution is -0.391. The molecule has 0 aromatic carbocycles. The molecular weight excluding hydrogens is 981 g/mol. The summed E-state index contributed by atoms with van der Waals surface area (Å²) >= 11 is 0. The van der Waals surface area contributed by atoms with Gasteiger partial charge in [0, 0.05) is 12.3 Å². The lowest BCUT2D eigenvalue weighted by Gasteiger charge is -2.62. The van der Waals surface area contributed by atoms with Crippen LogP contribution in [0.5, 0.6) is 0 Å². The third-order valence-electron chi connectivity index (χ3n) is 20.0. The van der Waals surface area contributed by atoms with Crippen LogP contribution in [0.2, 0.25) is 0 Å². The Kier molecular flexibility index (Phi) is 17.3. The van der Waals surface area contributed by atoms with E-state index >= 15 is 0 Å². The maximum absolute atomic E-state index is 12.1. The minimum atomic E-state index is -1.79. The summed E-state index contributed by atoms with van der Waals surface area (Å²) in [6.45, 7) is 10.4. The van der Waals surface area contributed by atoms with Crippen molar-refractivity contribution in [3.05, 3.63) is 0 Å². The molecule has 9 fully saturated rings. The van der Waals surface area contributed by atoms with Crippen molar-refractivity contribution in [2.75, 3.05) is 19.8 Å². The van der Waals surface area contributed by atoms with E-state index in [2.05, 4.69) is 20.8 Å². The van der Waals surface area contributed by atoms with Crippen LogP contribution in [0.15, 0.2) is 0 Å². The standard InChI is InChI=1S/C51H86O23/c1-19(18-66-45-39(61)38(60)35(57)30(16-52)70-45)9-12-51(65)20(2)32-29(74-51)14-26-24-8-7-23-13-28(27(54)15-50(23,6)25(24)10-11-49(26,32)5)69-48-44(73-47-41(63)37(59)34(56)22(4)68-47)42(64)43(31(17-53)71-48)72-46-40(62)36(58)33(55)21(3)67-46/h19-48,52-65H,7-18H2,1-6H3/t19-,20+,21+,22+,23+,24-,25+,26+,27-,28-,29+,30-,31-,32+,33+,34+,35-,36-,37-,38+,39-,40-,41-,42+,43-,44-,45-,46+,47+,48-,49+,50+,51-/m1/s1. The van der Waals surface area contributed by atoms with Crippen molar-refractivity contribution < 1.29 is 114 Å². The van der Waals surface area contributed by atoms with Crippen molar-refractivity contribution in [2.24, 2.45) is 52.3 Å². The van der Waals surface area contributed by atoms with Gasteiger partial charge in [-0.2, -0.15) is 0 Å². The molecule has 0 bridgehead atoms. The molecule has 4 aliphatic carbocycles. The Labute approximate surface area is 431 Å². The summed E-state index contributed by atoms with van der Waals surface area (Å²) in [7, 11) is 0. The van der Waals surface area contributed by atoms with E-state index in [4.69, 9.17) is 42.6 Å². The number of aliphatic hydroxyl groups excluding tert-OH is 13. The molecule has 0 aromatic rings. The molecule has 33 atom stereocenters. The van der Waals surface area contributed by atoms with E-state index < -0.39 is 154 Å². The van der Waals surface area contributed by atoms with Crippen LogP contribution >= 0.6 is 0 Å². The molecule has 74 heavy (non-hydrogen) atoms. The third-order valence-corrected chi connectivity index (χ3v) is 20.0. The van der Waals surface area contributed by atoms with E-state index in [0.717, 1.165) is 32.1 Å². The maximum Gasteiger partial charge on any atom is 0.187 e. The Hall–Kier alpha value is -0.920. The lowest BCUT2D eigenvalue weighted by atomic mass is 9.44. The van der Waals surface area contributed by atoms with Crippen molar-refractivity contribution in [3.8, 4) is 0 Å². The van der Waals surface area contributed by atoms with E-state index in [-0.39, 0.29) is 53.1 Å². The highest BCUT2D eigenvalue weighted by Gasteiger charge is 2.69. The first kappa shape index (κ1) is 57.8. The fraction of sp³-hybridized carbons (Fsp3) is 1.00. The molecule has 5 heterocycles. The van der Waals surface area contributed by atoms with E-state index in [1.165, 1.54) is 13.8 Å². The van der Waals surface area contributed by atoms with Crippen molar-refractivity contribution in [3.63, 3.8) is 0 Å². The largest absolute Gasteiger partial charge is 0.394 e. The van der Waals surface area contributed by atoms with Crippen molar-refractivity contribution in [1.82, 2.24) is 0 Å². The number of rotatable bonds is 14. The van der Waals surface area contributed by atoms with Crippen molar-refractivity contribution in [1.29, 1.82) is 0 Å². The minimum Gasteiger partial charge on any atom is -0.394 e. The van der Waals surface area contributed by atoms with Gasteiger partial charge in [0.1, 0.15) is 85.5 Å². The Balaban J connectivity index is 0.845. The summed E-state index contributed by atoms with van der Waals surface area (Å²) in [5, 5.41) is 151. The zero-order valence-corrected chi connectivity index (χ0v) is 43.2. The first-order chi connectivity index (χ1) is 34.9. The molecule has 4 saturated carbocycles. The average Bonchev–Trinajstić information content (AvgIpc) is 3.82. The Morgan fingerprint density at radius 3 is 1.78 bits per heavy atom. The predicted molar refractivity (Wildman–Crippen MR) is 250 cm³/mol. The maximum atomic E-state index is 12.1. The summed E-state index contributed by atoms with van der Waals surface area (Å²) in [5.74, 6) is -0.426. The van der Waals surface area contributed by atoms with E-state index in [1.54, 1.807) is 0 Å². The van der Waals surface area contributed by atoms with Crippen molar-refractivity contribution in [2.45, 2.75) is 246 Å². The number of ether oxygens (including phenoxy) is 9. The highest BCUT2D eigenvalue weighted by molar-refractivity contribution is 5.15. The van der Waals surface area contributed by atoms with Crippen LogP contribution < -0.4 is 0 Å². The number of hydrogen-bond acceptors (Lipinski definition) is 23. The molecule has 0 radical (unpaired) electrons. The van der Waals surface area contributed by atoms with Gasteiger partial charge >= 0.3 is 0 Å². The molecule has 23 nitrogen and oxygen atoms in total. The molecular formula is C51H86O23. The second kappa shape index (κ2) is 22.2. The molecule has 14 N–H and O–H groups in total. The van der Waals surface area contributed by atoms with Crippen LogP contribution in [0, 0.1) is 52.3 Å². The van der Waals surface area contributed by atoms with Crippen LogP contribution in [-0.2, 0) is 42.6 Å². The van der Waals surface area contributed by atoms with Gasteiger partial charge in [0.25, 0.3) is 0 Å². The summed E-state index contributed by atoms with van der Waals surface area (Å²) in [6, 6.07) is 0. The topological polar surface area (TPSA) is 366 Å². The van der Waals surface area contributed by atoms with E-state index in [0.29, 0.717) is 37.5 Å². The van der Waals surface area contributed by atoms with Gasteiger partial charge in [0.05, 0.1) is 50.3 Å². The van der Waals surface area contributed by atoms with Gasteiger partial charge in [-0.1, -0.05) is 27.7 Å². The molecule has 9 rings (SSSR count). The summed E-state index contributed by atoms with van der Waals surface area (Å²) in [6.07, 6.45) is -25.5. The first-order valence-corrected chi connectivity index (χ1v) is 27.2. The fourth-order valence-corrected chi connectivity index (χ4v) is 15.6. The Morgan fingerprint density at radius 2 is 1.16 bits per heavy atom. The second-order valence-corrected chi connectivity index (χ2v) is 24.4. The molecule has 0 aromatic heterocycles. The van der Waals surface area contributed by atoms with Crippen LogP contribution in [0.1, 0.15) is 99.3 Å². The van der Waals surface area contributed by atoms with Crippen molar-refractivity contribution >= 4 is 0 Å². The normalized spacial score (nSPS) is 57.0. The quantitative estimate of drug-likeness (QED) is 0.0775. The molecule has 23 heteroatoms. The molecule has 0 spiro atoms. The second-order valence-electron chi connectivity index (χ2n) is 24.4. The number of aliphatic hydroxyl groups is 14. The number of hydrogen-bond donors (Lipinski definition) is 14. The zero-order chi connectivity index (χ0) is 53.7. The SMILES string of the molecule is C[C@H](CC[C@@]1(O)O[C@H]2C[C@H]3[C@@H]4CC[C@H]5C[C@@H](O[C@@H]6O[C@H](CO)[C@@H](O[C@@H]7O[C@@H](C)[C@H](O)[C@@H](O)[C@H]7O)[C@H](O)[C@H]6O[C@@H]6O[C@@H](C)[C@H](O)[C@@H](O)[C@H]6O)[C@H](O)C[C@]5(C)[C@H]4CC[C@]3(C)[C@H]2[C@@H]1C)CO[C@@H]1O[C@H](CO)[C@@H](O)[C@H](O)[C@H]1O. The highest BCUT2D eigenvalue weighted by atomic mass is 16.8. The van der Waals surface area contributed by atoms with Gasteiger partial charge in [0.15, 0.2) is 30.9 Å². The van der Waals surface area contributed by atoms with Crippen LogP contribution in [0.25, 0.3) is 0 Å². The monoisotopic (exact) mass is 1070 g/mol. The molecule has 5 saturated heterocycles. The predicted octanol–water partition coefficient (Wildman–Crippen LogP) is -2.93. The summed E-state index contributed by atoms with van der Waals surface area (Å²) < 4.78 is 54.4. The van der Waals surface area contributed by atoms with E-state index in [9.17, 15) is 71.5 Å². The van der Waals surface area contributed by atoms with E-state index in [1.807, 2.05) is 6.92 Å². The molecule has 9 aliphatic rings. The Bertz CT molecular complexity index is 1870. The van der Waals surface area contributed by atoms with Crippen LogP contribution in [0.3, 0.4) is 0 Å². The molecule has 5 aliphatic heterocycles.